The highest BCUT2D eigenvalue weighted by Crippen LogP contribution is 2.26. The fraction of sp³-hybridized carbons (Fsp3) is 0.500. The first-order valence-electron chi connectivity index (χ1n) is 7.92. The summed E-state index contributed by atoms with van der Waals surface area (Å²) in [6.45, 7) is 3.28. The number of halogens is 1. The maximum atomic E-state index is 12.5. The molecule has 0 spiro atoms. The molecule has 0 bridgehead atoms. The van der Waals surface area contributed by atoms with Crippen LogP contribution in [0.5, 0.6) is 0 Å². The number of rotatable bonds is 2. The molecule has 1 aromatic heterocycles. The van der Waals surface area contributed by atoms with Gasteiger partial charge in [0, 0.05) is 30.7 Å². The van der Waals surface area contributed by atoms with Gasteiger partial charge in [0.15, 0.2) is 11.7 Å². The van der Waals surface area contributed by atoms with Crippen LogP contribution in [0, 0.1) is 0 Å². The lowest BCUT2D eigenvalue weighted by atomic mass is 10.2. The van der Waals surface area contributed by atoms with Crippen LogP contribution >= 0.6 is 11.6 Å². The number of aromatic nitrogens is 1. The molecule has 23 heavy (non-hydrogen) atoms. The van der Waals surface area contributed by atoms with Crippen molar-refractivity contribution in [1.29, 1.82) is 0 Å². The lowest BCUT2D eigenvalue weighted by Gasteiger charge is -2.33. The van der Waals surface area contributed by atoms with Gasteiger partial charge >= 0.3 is 0 Å². The predicted molar refractivity (Wildman–Crippen MR) is 86.8 cm³/mol. The van der Waals surface area contributed by atoms with Gasteiger partial charge in [-0.15, -0.1) is 0 Å². The van der Waals surface area contributed by atoms with E-state index in [1.807, 2.05) is 15.9 Å². The van der Waals surface area contributed by atoms with E-state index in [1.165, 1.54) is 0 Å². The summed E-state index contributed by atoms with van der Waals surface area (Å²) < 4.78 is 11.5. The van der Waals surface area contributed by atoms with E-state index in [0.29, 0.717) is 36.3 Å². The predicted octanol–water partition coefficient (Wildman–Crippen LogP) is 2.31. The first-order valence-corrected chi connectivity index (χ1v) is 8.30. The third-order valence-corrected chi connectivity index (χ3v) is 4.60. The standard InChI is InChI=1S/C16H18ClN3O3/c17-11-3-4-12-13(9-11)23-16(18-12)20-7-8-22-14(10-20)15(21)19-5-1-2-6-19/h3-4,9,14H,1-2,5-8,10H2. The summed E-state index contributed by atoms with van der Waals surface area (Å²) in [6, 6.07) is 5.89. The number of oxazole rings is 1. The minimum atomic E-state index is -0.444. The normalized spacial score (nSPS) is 22.0. The molecule has 2 aliphatic rings. The average Bonchev–Trinajstić information content (AvgIpc) is 3.23. The molecule has 2 aromatic rings. The zero-order valence-corrected chi connectivity index (χ0v) is 13.5. The molecule has 2 aliphatic heterocycles. The largest absolute Gasteiger partial charge is 0.423 e. The highest BCUT2D eigenvalue weighted by atomic mass is 35.5. The van der Waals surface area contributed by atoms with Gasteiger partial charge < -0.3 is 19.0 Å². The number of fused-ring (bicyclic) bond motifs is 1. The lowest BCUT2D eigenvalue weighted by molar-refractivity contribution is -0.143. The van der Waals surface area contributed by atoms with E-state index in [1.54, 1.807) is 12.1 Å². The van der Waals surface area contributed by atoms with Crippen LogP contribution in [0.4, 0.5) is 6.01 Å². The Labute approximate surface area is 138 Å². The van der Waals surface area contributed by atoms with Crippen molar-refractivity contribution in [2.24, 2.45) is 0 Å². The minimum absolute atomic E-state index is 0.0753. The SMILES string of the molecule is O=C(C1CN(c2nc3ccc(Cl)cc3o2)CCO1)N1CCCC1. The van der Waals surface area contributed by atoms with Crippen LogP contribution in [0.3, 0.4) is 0 Å². The molecule has 6 nitrogen and oxygen atoms in total. The third kappa shape index (κ3) is 2.88. The second kappa shape index (κ2) is 6.02. The van der Waals surface area contributed by atoms with Crippen molar-refractivity contribution >= 4 is 34.6 Å². The summed E-state index contributed by atoms with van der Waals surface area (Å²) in [5.74, 6) is 0.0753. The monoisotopic (exact) mass is 335 g/mol. The number of nitrogens with zero attached hydrogens (tertiary/aromatic N) is 3. The molecule has 0 N–H and O–H groups in total. The molecule has 3 heterocycles. The fourth-order valence-corrected chi connectivity index (χ4v) is 3.30. The van der Waals surface area contributed by atoms with E-state index < -0.39 is 6.10 Å². The lowest BCUT2D eigenvalue weighted by Crippen LogP contribution is -2.50. The highest BCUT2D eigenvalue weighted by molar-refractivity contribution is 6.31. The molecule has 0 aliphatic carbocycles. The van der Waals surface area contributed by atoms with Crippen molar-refractivity contribution in [3.8, 4) is 0 Å². The van der Waals surface area contributed by atoms with Crippen LogP contribution in [0.2, 0.25) is 5.02 Å². The first kappa shape index (κ1) is 14.8. The van der Waals surface area contributed by atoms with Gasteiger partial charge in [-0.1, -0.05) is 11.6 Å². The van der Waals surface area contributed by atoms with E-state index in [0.717, 1.165) is 31.4 Å². The first-order chi connectivity index (χ1) is 11.2. The van der Waals surface area contributed by atoms with Gasteiger partial charge in [0.1, 0.15) is 5.52 Å². The van der Waals surface area contributed by atoms with Gasteiger partial charge in [-0.3, -0.25) is 4.79 Å². The summed E-state index contributed by atoms with van der Waals surface area (Å²) >= 11 is 5.98. The second-order valence-electron chi connectivity index (χ2n) is 5.95. The van der Waals surface area contributed by atoms with Crippen LogP contribution in [-0.2, 0) is 9.53 Å². The molecule has 4 rings (SSSR count). The van der Waals surface area contributed by atoms with E-state index >= 15 is 0 Å². The number of hydrogen-bond acceptors (Lipinski definition) is 5. The van der Waals surface area contributed by atoms with Gasteiger partial charge in [0.25, 0.3) is 11.9 Å². The Morgan fingerprint density at radius 1 is 1.26 bits per heavy atom. The maximum absolute atomic E-state index is 12.5. The van der Waals surface area contributed by atoms with Gasteiger partial charge in [0.05, 0.1) is 13.2 Å². The van der Waals surface area contributed by atoms with Crippen molar-refractivity contribution in [2.75, 3.05) is 37.7 Å². The molecule has 2 fully saturated rings. The number of carbonyl (C=O) groups is 1. The molecule has 1 aromatic carbocycles. The van der Waals surface area contributed by atoms with E-state index in [9.17, 15) is 4.79 Å². The van der Waals surface area contributed by atoms with Gasteiger partial charge in [-0.05, 0) is 25.0 Å². The maximum Gasteiger partial charge on any atom is 0.298 e. The van der Waals surface area contributed by atoms with Crippen molar-refractivity contribution in [2.45, 2.75) is 18.9 Å². The summed E-state index contributed by atoms with van der Waals surface area (Å²) in [5, 5.41) is 0.615. The van der Waals surface area contributed by atoms with Crippen molar-refractivity contribution in [3.05, 3.63) is 23.2 Å². The van der Waals surface area contributed by atoms with Crippen molar-refractivity contribution in [1.82, 2.24) is 9.88 Å². The summed E-state index contributed by atoms with van der Waals surface area (Å²) in [7, 11) is 0. The Kier molecular flexibility index (Phi) is 3.87. The molecule has 1 atom stereocenters. The van der Waals surface area contributed by atoms with Crippen LogP contribution < -0.4 is 4.90 Å². The van der Waals surface area contributed by atoms with E-state index in [4.69, 9.17) is 20.8 Å². The van der Waals surface area contributed by atoms with Gasteiger partial charge in [-0.25, -0.2) is 0 Å². The molecule has 0 saturated carbocycles. The van der Waals surface area contributed by atoms with Crippen molar-refractivity contribution in [3.63, 3.8) is 0 Å². The van der Waals surface area contributed by atoms with Crippen LogP contribution in [0.25, 0.3) is 11.1 Å². The van der Waals surface area contributed by atoms with Crippen LogP contribution in [0.1, 0.15) is 12.8 Å². The molecule has 122 valence electrons. The zero-order chi connectivity index (χ0) is 15.8. The Morgan fingerprint density at radius 2 is 2.09 bits per heavy atom. The van der Waals surface area contributed by atoms with Crippen LogP contribution in [0.15, 0.2) is 22.6 Å². The van der Waals surface area contributed by atoms with Gasteiger partial charge in [0.2, 0.25) is 0 Å². The second-order valence-corrected chi connectivity index (χ2v) is 6.38. The molecule has 2 saturated heterocycles. The number of benzene rings is 1. The number of ether oxygens (including phenoxy) is 1. The number of likely N-dealkylation sites (tertiary alicyclic amines) is 1. The third-order valence-electron chi connectivity index (χ3n) is 4.37. The quantitative estimate of drug-likeness (QED) is 0.843. The highest BCUT2D eigenvalue weighted by Gasteiger charge is 2.32. The van der Waals surface area contributed by atoms with Crippen LogP contribution in [-0.4, -0.2) is 54.7 Å². The number of hydrogen-bond donors (Lipinski definition) is 0. The molecule has 1 unspecified atom stereocenters. The Hall–Kier alpha value is -1.79. The Bertz CT molecular complexity index is 726. The average molecular weight is 336 g/mol. The Morgan fingerprint density at radius 3 is 2.91 bits per heavy atom. The zero-order valence-electron chi connectivity index (χ0n) is 12.7. The number of amides is 1. The van der Waals surface area contributed by atoms with E-state index in [-0.39, 0.29) is 5.91 Å². The molecular weight excluding hydrogens is 318 g/mol. The number of carbonyl (C=O) groups excluding carboxylic acids is 1. The summed E-state index contributed by atoms with van der Waals surface area (Å²) in [4.78, 5) is 20.8. The number of anilines is 1. The molecule has 7 heteroatoms. The summed E-state index contributed by atoms with van der Waals surface area (Å²) in [6.07, 6.45) is 1.71. The topological polar surface area (TPSA) is 58.8 Å². The summed E-state index contributed by atoms with van der Waals surface area (Å²) in [5.41, 5.74) is 1.42. The van der Waals surface area contributed by atoms with Gasteiger partial charge in [-0.2, -0.15) is 4.98 Å². The smallest absolute Gasteiger partial charge is 0.298 e. The molecule has 0 radical (unpaired) electrons. The molecule has 1 amide bonds. The number of morpholine rings is 1. The van der Waals surface area contributed by atoms with Crippen molar-refractivity contribution < 1.29 is 13.9 Å². The van der Waals surface area contributed by atoms with E-state index in [2.05, 4.69) is 4.98 Å². The fourth-order valence-electron chi connectivity index (χ4n) is 3.14. The minimum Gasteiger partial charge on any atom is -0.423 e. The Balaban J connectivity index is 1.52. The molecular formula is C16H18ClN3O3.